The Morgan fingerprint density at radius 3 is 1.60 bits per heavy atom. The number of aliphatic hydroxyl groups excluding tert-OH is 1. The van der Waals surface area contributed by atoms with Gasteiger partial charge in [0.25, 0.3) is 0 Å². The molecule has 10 rings (SSSR count). The molecular formula is C55H54N6O4. The van der Waals surface area contributed by atoms with Crippen LogP contribution >= 0.6 is 0 Å². The Morgan fingerprint density at radius 1 is 0.600 bits per heavy atom. The highest BCUT2D eigenvalue weighted by molar-refractivity contribution is 5.84. The largest absolute Gasteiger partial charge is 0.497 e. The van der Waals surface area contributed by atoms with Gasteiger partial charge in [0, 0.05) is 0 Å². The Bertz CT molecular complexity index is 2710. The standard InChI is InChI=1S/C55H54N6O4/c1-63-45-30-26-41(27-31-45)54(39-18-8-3-9-19-39,40-20-10-4-11-21-40)50(62)48-36-47(60-34-16-7-17-35-60)53(65-48)61-38-58-49-51(56-37-57-52(49)61)59-55(42-22-12-5-13-23-42,43-24-14-6-15-25-43)44-28-32-46(64-2)33-29-44/h3-6,8-15,18-33,37-38,47-48,50,53,62H,7,16-17,34-36H2,1-2H3,(H,56,57,59)/t47-,48+,50?,53-/m1/s1. The van der Waals surface area contributed by atoms with Crippen LogP contribution in [-0.4, -0.2) is 75.1 Å². The highest BCUT2D eigenvalue weighted by atomic mass is 16.5. The molecule has 10 nitrogen and oxygen atoms in total. The second-order valence-corrected chi connectivity index (χ2v) is 17.1. The van der Waals surface area contributed by atoms with Gasteiger partial charge in [-0.2, -0.15) is 0 Å². The van der Waals surface area contributed by atoms with Crippen LogP contribution in [0.2, 0.25) is 0 Å². The molecule has 10 heteroatoms. The first-order valence-corrected chi connectivity index (χ1v) is 22.6. The number of ether oxygens (including phenoxy) is 3. The summed E-state index contributed by atoms with van der Waals surface area (Å²) in [4.78, 5) is 17.5. The van der Waals surface area contributed by atoms with E-state index in [0.29, 0.717) is 23.4 Å². The van der Waals surface area contributed by atoms with Crippen molar-refractivity contribution in [2.24, 2.45) is 0 Å². The number of methoxy groups -OCH3 is 2. The van der Waals surface area contributed by atoms with Crippen molar-refractivity contribution in [3.8, 4) is 11.5 Å². The number of aromatic nitrogens is 4. The molecule has 0 aliphatic carbocycles. The number of hydrogen-bond donors (Lipinski definition) is 2. The molecule has 0 radical (unpaired) electrons. The SMILES string of the molecule is COc1ccc(C(Nc2ncnc3c2ncn3[C@@H]2O[C@H](C(O)C(c3ccccc3)(c3ccccc3)c3ccc(OC)cc3)C[C@H]2N2CCCCC2)(c2ccccc2)c2ccccc2)cc1. The van der Waals surface area contributed by atoms with E-state index in [9.17, 15) is 5.11 Å². The number of benzene rings is 6. The van der Waals surface area contributed by atoms with Crippen LogP contribution in [0.1, 0.15) is 65.3 Å². The minimum atomic E-state index is -0.999. The van der Waals surface area contributed by atoms with Crippen LogP contribution in [0.5, 0.6) is 11.5 Å². The van der Waals surface area contributed by atoms with Crippen LogP contribution < -0.4 is 14.8 Å². The van der Waals surface area contributed by atoms with Crippen LogP contribution in [0.3, 0.4) is 0 Å². The summed E-state index contributed by atoms with van der Waals surface area (Å²) in [5.41, 5.74) is 5.33. The van der Waals surface area contributed by atoms with Crippen LogP contribution in [0.25, 0.3) is 11.2 Å². The molecule has 0 bridgehead atoms. The molecule has 1 unspecified atom stereocenters. The Morgan fingerprint density at radius 2 is 1.08 bits per heavy atom. The van der Waals surface area contributed by atoms with E-state index in [2.05, 4.69) is 112 Å². The van der Waals surface area contributed by atoms with Crippen molar-refractivity contribution in [2.75, 3.05) is 32.6 Å². The molecule has 0 amide bonds. The molecule has 2 N–H and O–H groups in total. The van der Waals surface area contributed by atoms with E-state index in [-0.39, 0.29) is 6.04 Å². The average molecular weight is 863 g/mol. The van der Waals surface area contributed by atoms with E-state index < -0.39 is 29.4 Å². The van der Waals surface area contributed by atoms with E-state index in [1.54, 1.807) is 20.5 Å². The normalized spacial score (nSPS) is 18.6. The molecule has 65 heavy (non-hydrogen) atoms. The van der Waals surface area contributed by atoms with Gasteiger partial charge in [0.2, 0.25) is 0 Å². The zero-order valence-electron chi connectivity index (χ0n) is 36.8. The van der Waals surface area contributed by atoms with Crippen molar-refractivity contribution in [3.05, 3.63) is 216 Å². The van der Waals surface area contributed by atoms with Crippen molar-refractivity contribution in [1.82, 2.24) is 24.4 Å². The lowest BCUT2D eigenvalue weighted by Gasteiger charge is -2.42. The minimum Gasteiger partial charge on any atom is -0.497 e. The van der Waals surface area contributed by atoms with Gasteiger partial charge >= 0.3 is 0 Å². The van der Waals surface area contributed by atoms with Crippen molar-refractivity contribution in [2.45, 2.75) is 61.1 Å². The fourth-order valence-corrected chi connectivity index (χ4v) is 10.5. The van der Waals surface area contributed by atoms with Gasteiger partial charge in [-0.1, -0.05) is 152 Å². The molecule has 328 valence electrons. The number of hydrogen-bond acceptors (Lipinski definition) is 9. The van der Waals surface area contributed by atoms with Gasteiger partial charge in [-0.25, -0.2) is 15.0 Å². The Kier molecular flexibility index (Phi) is 11.9. The van der Waals surface area contributed by atoms with E-state index in [4.69, 9.17) is 29.2 Å². The third-order valence-electron chi connectivity index (χ3n) is 13.7. The summed E-state index contributed by atoms with van der Waals surface area (Å²) in [7, 11) is 3.35. The molecule has 0 saturated carbocycles. The first kappa shape index (κ1) is 42.1. The predicted octanol–water partition coefficient (Wildman–Crippen LogP) is 9.78. The number of nitrogens with one attached hydrogen (secondary N) is 1. The third-order valence-corrected chi connectivity index (χ3v) is 13.7. The molecule has 2 saturated heterocycles. The number of anilines is 1. The van der Waals surface area contributed by atoms with Crippen molar-refractivity contribution < 1.29 is 19.3 Å². The van der Waals surface area contributed by atoms with Crippen molar-refractivity contribution >= 4 is 17.0 Å². The second kappa shape index (κ2) is 18.3. The van der Waals surface area contributed by atoms with Gasteiger partial charge in [-0.05, 0) is 90.0 Å². The number of imidazole rings is 1. The molecule has 8 aromatic rings. The highest BCUT2D eigenvalue weighted by Gasteiger charge is 2.52. The van der Waals surface area contributed by atoms with Crippen LogP contribution in [-0.2, 0) is 15.7 Å². The molecule has 4 heterocycles. The molecule has 6 aromatic carbocycles. The van der Waals surface area contributed by atoms with Gasteiger partial charge in [-0.15, -0.1) is 0 Å². The molecule has 2 aliphatic heterocycles. The van der Waals surface area contributed by atoms with Crippen LogP contribution in [0.4, 0.5) is 5.82 Å². The molecule has 2 aromatic heterocycles. The number of nitrogens with zero attached hydrogens (tertiary/aromatic N) is 5. The van der Waals surface area contributed by atoms with E-state index in [1.165, 1.54) is 6.42 Å². The fourth-order valence-electron chi connectivity index (χ4n) is 10.5. The maximum absolute atomic E-state index is 13.4. The quantitative estimate of drug-likeness (QED) is 0.103. The summed E-state index contributed by atoms with van der Waals surface area (Å²) in [5, 5.41) is 17.3. The lowest BCUT2D eigenvalue weighted by Crippen LogP contribution is -2.49. The summed E-state index contributed by atoms with van der Waals surface area (Å²) in [6.07, 6.45) is 5.36. The number of likely N-dealkylation sites (tertiary alicyclic amines) is 1. The lowest BCUT2D eigenvalue weighted by atomic mass is 9.64. The highest BCUT2D eigenvalue weighted by Crippen LogP contribution is 2.49. The molecule has 2 aliphatic rings. The summed E-state index contributed by atoms with van der Waals surface area (Å²) >= 11 is 0. The lowest BCUT2D eigenvalue weighted by molar-refractivity contribution is -0.0819. The van der Waals surface area contributed by atoms with Gasteiger partial charge in [0.1, 0.15) is 23.4 Å². The monoisotopic (exact) mass is 862 g/mol. The first-order chi connectivity index (χ1) is 32.0. The van der Waals surface area contributed by atoms with Gasteiger partial charge in [-0.3, -0.25) is 9.47 Å². The molecule has 0 spiro atoms. The number of aliphatic hydroxyl groups is 1. The van der Waals surface area contributed by atoms with E-state index in [1.807, 2.05) is 79.1 Å². The number of rotatable bonds is 14. The first-order valence-electron chi connectivity index (χ1n) is 22.6. The van der Waals surface area contributed by atoms with Gasteiger partial charge in [0.15, 0.2) is 23.2 Å². The van der Waals surface area contributed by atoms with Gasteiger partial charge in [0.05, 0.1) is 44.2 Å². The second-order valence-electron chi connectivity index (χ2n) is 17.1. The smallest absolute Gasteiger partial charge is 0.167 e. The maximum atomic E-state index is 13.4. The number of piperidine rings is 1. The van der Waals surface area contributed by atoms with Gasteiger partial charge < -0.3 is 24.6 Å². The minimum absolute atomic E-state index is 0.0640. The number of fused-ring (bicyclic) bond motifs is 1. The predicted molar refractivity (Wildman–Crippen MR) is 254 cm³/mol. The Hall–Kier alpha value is -6.85. The van der Waals surface area contributed by atoms with Crippen LogP contribution in [0, 0.1) is 0 Å². The third kappa shape index (κ3) is 7.61. The van der Waals surface area contributed by atoms with E-state index >= 15 is 0 Å². The summed E-state index contributed by atoms with van der Waals surface area (Å²) in [6.45, 7) is 1.89. The zero-order valence-corrected chi connectivity index (χ0v) is 36.8. The summed E-state index contributed by atoms with van der Waals surface area (Å²) < 4.78 is 20.6. The summed E-state index contributed by atoms with van der Waals surface area (Å²) in [6, 6.07) is 57.7. The Balaban J connectivity index is 1.09. The molecular weight excluding hydrogens is 809 g/mol. The van der Waals surface area contributed by atoms with E-state index in [0.717, 1.165) is 70.8 Å². The molecule has 4 atom stereocenters. The topological polar surface area (TPSA) is 107 Å². The van der Waals surface area contributed by atoms with Crippen LogP contribution in [0.15, 0.2) is 183 Å². The summed E-state index contributed by atoms with van der Waals surface area (Å²) in [5.74, 6) is 2.09. The zero-order chi connectivity index (χ0) is 44.2. The fraction of sp³-hybridized carbons (Fsp3) is 0.255. The van der Waals surface area contributed by atoms with Crippen molar-refractivity contribution in [1.29, 1.82) is 0 Å². The average Bonchev–Trinajstić information content (AvgIpc) is 4.03. The molecule has 2 fully saturated rings. The maximum Gasteiger partial charge on any atom is 0.167 e. The Labute approximate surface area is 380 Å². The van der Waals surface area contributed by atoms with Crippen molar-refractivity contribution in [3.63, 3.8) is 0 Å².